The Bertz CT molecular complexity index is 1100. The zero-order chi connectivity index (χ0) is 18.1. The molecule has 0 amide bonds. The van der Waals surface area contributed by atoms with Gasteiger partial charge < -0.3 is 9.52 Å². The number of hydrogen-bond acceptors (Lipinski definition) is 5. The fourth-order valence-electron chi connectivity index (χ4n) is 2.87. The molecule has 0 fully saturated rings. The average Bonchev–Trinajstić information content (AvgIpc) is 3.11. The van der Waals surface area contributed by atoms with Gasteiger partial charge >= 0.3 is 0 Å². The molecule has 1 atom stereocenters. The average molecular weight is 345 g/mol. The Morgan fingerprint density at radius 2 is 1.88 bits per heavy atom. The fourth-order valence-corrected chi connectivity index (χ4v) is 2.87. The summed E-state index contributed by atoms with van der Waals surface area (Å²) in [7, 11) is 0. The first-order chi connectivity index (χ1) is 12.7. The third-order valence-electron chi connectivity index (χ3n) is 4.16. The summed E-state index contributed by atoms with van der Waals surface area (Å²) in [5, 5.41) is 20.7. The van der Waals surface area contributed by atoms with Crippen molar-refractivity contribution in [2.75, 3.05) is 0 Å². The number of para-hydroxylation sites is 1. The Labute approximate surface area is 148 Å². The molecule has 0 saturated carbocycles. The molecule has 0 aliphatic carbocycles. The zero-order valence-corrected chi connectivity index (χ0v) is 13.4. The molecule has 0 radical (unpaired) electrons. The molecule has 4 aromatic rings. The lowest BCUT2D eigenvalue weighted by molar-refractivity contribution is 0.214. The molecule has 1 unspecified atom stereocenters. The van der Waals surface area contributed by atoms with Gasteiger partial charge in [-0.15, -0.1) is 0 Å². The van der Waals surface area contributed by atoms with E-state index in [0.717, 1.165) is 5.39 Å². The van der Waals surface area contributed by atoms with Crippen molar-refractivity contribution in [1.29, 1.82) is 5.26 Å². The van der Waals surface area contributed by atoms with Gasteiger partial charge in [-0.05, 0) is 18.2 Å². The normalized spacial score (nSPS) is 12.0. The zero-order valence-electron chi connectivity index (χ0n) is 13.4. The van der Waals surface area contributed by atoms with E-state index in [0.29, 0.717) is 11.1 Å². The van der Waals surface area contributed by atoms with Crippen LogP contribution in [-0.4, -0.2) is 15.1 Å². The molecule has 2 aromatic carbocycles. The Hall–Kier alpha value is -3.56. The molecule has 1 N–H and O–H groups in total. The standard InChI is InChI=1S/C20H12FN3O2/c21-19-15(20(25)14-9-23-11-24-10-14)6-5-13(8-22)18(19)17-7-12-3-1-2-4-16(12)26-17/h1-7,9-11,20,25H. The van der Waals surface area contributed by atoms with E-state index in [-0.39, 0.29) is 22.5 Å². The van der Waals surface area contributed by atoms with Crippen molar-refractivity contribution >= 4 is 11.0 Å². The minimum absolute atomic E-state index is 0.0225. The van der Waals surface area contributed by atoms with Crippen LogP contribution in [0, 0.1) is 17.1 Å². The number of benzene rings is 2. The highest BCUT2D eigenvalue weighted by Crippen LogP contribution is 2.36. The van der Waals surface area contributed by atoms with Gasteiger partial charge in [-0.25, -0.2) is 14.4 Å². The third kappa shape index (κ3) is 2.61. The van der Waals surface area contributed by atoms with Crippen LogP contribution < -0.4 is 0 Å². The van der Waals surface area contributed by atoms with Gasteiger partial charge in [0.1, 0.15) is 29.6 Å². The van der Waals surface area contributed by atoms with E-state index in [1.807, 2.05) is 24.3 Å². The highest BCUT2D eigenvalue weighted by Gasteiger charge is 2.23. The van der Waals surface area contributed by atoms with Crippen LogP contribution in [0.15, 0.2) is 65.6 Å². The van der Waals surface area contributed by atoms with Crippen molar-refractivity contribution < 1.29 is 13.9 Å². The van der Waals surface area contributed by atoms with Crippen LogP contribution in [0.3, 0.4) is 0 Å². The predicted octanol–water partition coefficient (Wildman–Crippen LogP) is 3.98. The Balaban J connectivity index is 1.90. The van der Waals surface area contributed by atoms with Crippen LogP contribution in [0.2, 0.25) is 0 Å². The van der Waals surface area contributed by atoms with Crippen molar-refractivity contribution in [3.63, 3.8) is 0 Å². The number of fused-ring (bicyclic) bond motifs is 1. The lowest BCUT2D eigenvalue weighted by Gasteiger charge is -2.14. The van der Waals surface area contributed by atoms with Gasteiger partial charge in [0.2, 0.25) is 0 Å². The predicted molar refractivity (Wildman–Crippen MR) is 92.4 cm³/mol. The molecule has 6 heteroatoms. The van der Waals surface area contributed by atoms with Gasteiger partial charge in [0.05, 0.1) is 17.2 Å². The first-order valence-corrected chi connectivity index (χ1v) is 7.83. The van der Waals surface area contributed by atoms with Crippen LogP contribution in [0.25, 0.3) is 22.3 Å². The fraction of sp³-hybridized carbons (Fsp3) is 0.0500. The van der Waals surface area contributed by atoms with E-state index in [2.05, 4.69) is 9.97 Å². The lowest BCUT2D eigenvalue weighted by Crippen LogP contribution is -2.05. The molecular formula is C20H12FN3O2. The second-order valence-corrected chi connectivity index (χ2v) is 5.73. The second kappa shape index (κ2) is 6.39. The van der Waals surface area contributed by atoms with E-state index in [9.17, 15) is 10.4 Å². The van der Waals surface area contributed by atoms with Gasteiger partial charge in [-0.1, -0.05) is 24.3 Å². The summed E-state index contributed by atoms with van der Waals surface area (Å²) in [5.74, 6) is -0.474. The smallest absolute Gasteiger partial charge is 0.141 e. The van der Waals surface area contributed by atoms with Gasteiger partial charge in [-0.2, -0.15) is 5.26 Å². The van der Waals surface area contributed by atoms with Crippen molar-refractivity contribution in [2.45, 2.75) is 6.10 Å². The summed E-state index contributed by atoms with van der Waals surface area (Å²) in [6, 6.07) is 13.8. The van der Waals surface area contributed by atoms with Crippen molar-refractivity contribution in [2.24, 2.45) is 0 Å². The number of nitriles is 1. The summed E-state index contributed by atoms with van der Waals surface area (Å²) in [6.07, 6.45) is 2.89. The van der Waals surface area contributed by atoms with Crippen molar-refractivity contribution in [1.82, 2.24) is 9.97 Å². The van der Waals surface area contributed by atoms with E-state index >= 15 is 4.39 Å². The summed E-state index contributed by atoms with van der Waals surface area (Å²) < 4.78 is 21.0. The SMILES string of the molecule is N#Cc1ccc(C(O)c2cncnc2)c(F)c1-c1cc2ccccc2o1. The number of furan rings is 1. The maximum Gasteiger partial charge on any atom is 0.141 e. The quantitative estimate of drug-likeness (QED) is 0.607. The molecule has 0 spiro atoms. The molecule has 26 heavy (non-hydrogen) atoms. The summed E-state index contributed by atoms with van der Waals surface area (Å²) in [5.41, 5.74) is 1.12. The van der Waals surface area contributed by atoms with Crippen molar-refractivity contribution in [3.05, 3.63) is 83.7 Å². The van der Waals surface area contributed by atoms with Gasteiger partial charge in [0, 0.05) is 28.9 Å². The van der Waals surface area contributed by atoms with Crippen LogP contribution in [0.1, 0.15) is 22.8 Å². The topological polar surface area (TPSA) is 82.9 Å². The molecule has 5 nitrogen and oxygen atoms in total. The van der Waals surface area contributed by atoms with Crippen LogP contribution >= 0.6 is 0 Å². The van der Waals surface area contributed by atoms with E-state index in [4.69, 9.17) is 4.42 Å². The molecule has 2 heterocycles. The largest absolute Gasteiger partial charge is 0.456 e. The van der Waals surface area contributed by atoms with E-state index < -0.39 is 11.9 Å². The van der Waals surface area contributed by atoms with Crippen molar-refractivity contribution in [3.8, 4) is 17.4 Å². The molecule has 0 bridgehead atoms. The number of nitrogens with zero attached hydrogens (tertiary/aromatic N) is 3. The molecule has 0 saturated heterocycles. The van der Waals surface area contributed by atoms with Crippen LogP contribution in [0.5, 0.6) is 0 Å². The first-order valence-electron chi connectivity index (χ1n) is 7.83. The third-order valence-corrected chi connectivity index (χ3v) is 4.16. The number of aliphatic hydroxyl groups excluding tert-OH is 1. The highest BCUT2D eigenvalue weighted by atomic mass is 19.1. The maximum atomic E-state index is 15.3. The minimum atomic E-state index is -1.26. The molecule has 2 aromatic heterocycles. The van der Waals surface area contributed by atoms with Gasteiger partial charge in [-0.3, -0.25) is 0 Å². The first kappa shape index (κ1) is 15.9. The highest BCUT2D eigenvalue weighted by molar-refractivity contribution is 5.84. The van der Waals surface area contributed by atoms with E-state index in [1.165, 1.54) is 30.9 Å². The Morgan fingerprint density at radius 3 is 2.62 bits per heavy atom. The summed E-state index contributed by atoms with van der Waals surface area (Å²) in [4.78, 5) is 7.68. The van der Waals surface area contributed by atoms with Gasteiger partial charge in [0.25, 0.3) is 0 Å². The number of aliphatic hydroxyl groups is 1. The molecule has 0 aliphatic heterocycles. The number of halogens is 1. The second-order valence-electron chi connectivity index (χ2n) is 5.73. The number of hydrogen-bond donors (Lipinski definition) is 1. The number of rotatable bonds is 3. The summed E-state index contributed by atoms with van der Waals surface area (Å²) in [6.45, 7) is 0. The van der Waals surface area contributed by atoms with Crippen LogP contribution in [-0.2, 0) is 0 Å². The lowest BCUT2D eigenvalue weighted by atomic mass is 9.96. The minimum Gasteiger partial charge on any atom is -0.456 e. The number of aromatic nitrogens is 2. The van der Waals surface area contributed by atoms with E-state index in [1.54, 1.807) is 12.1 Å². The summed E-state index contributed by atoms with van der Waals surface area (Å²) >= 11 is 0. The molecule has 126 valence electrons. The molecule has 4 rings (SSSR count). The van der Waals surface area contributed by atoms with Crippen LogP contribution in [0.4, 0.5) is 4.39 Å². The van der Waals surface area contributed by atoms with Gasteiger partial charge in [0.15, 0.2) is 0 Å². The molecule has 0 aliphatic rings. The molecular weight excluding hydrogens is 333 g/mol. The Kier molecular flexibility index (Phi) is 3.92. The Morgan fingerprint density at radius 1 is 1.12 bits per heavy atom. The monoisotopic (exact) mass is 345 g/mol. The maximum absolute atomic E-state index is 15.3.